The summed E-state index contributed by atoms with van der Waals surface area (Å²) < 4.78 is 11.9. The van der Waals surface area contributed by atoms with Gasteiger partial charge in [0.1, 0.15) is 0 Å². The third-order valence-corrected chi connectivity index (χ3v) is 3.63. The quantitative estimate of drug-likeness (QED) is 0.739. The Labute approximate surface area is 108 Å². The van der Waals surface area contributed by atoms with Crippen molar-refractivity contribution in [1.82, 2.24) is 4.98 Å². The lowest BCUT2D eigenvalue weighted by atomic mass is 9.79. The van der Waals surface area contributed by atoms with E-state index in [4.69, 9.17) is 14.6 Å². The van der Waals surface area contributed by atoms with Gasteiger partial charge >= 0.3 is 7.12 Å². The van der Waals surface area contributed by atoms with Crippen LogP contribution in [0.15, 0.2) is 18.3 Å². The van der Waals surface area contributed by atoms with Crippen molar-refractivity contribution in [2.75, 3.05) is 0 Å². The van der Waals surface area contributed by atoms with Gasteiger partial charge in [0.15, 0.2) is 0 Å². The first-order valence-corrected chi connectivity index (χ1v) is 6.03. The molecule has 0 radical (unpaired) electrons. The van der Waals surface area contributed by atoms with Gasteiger partial charge in [-0.15, -0.1) is 0 Å². The van der Waals surface area contributed by atoms with E-state index in [1.165, 1.54) is 0 Å². The zero-order chi connectivity index (χ0) is 13.4. The van der Waals surface area contributed by atoms with Crippen molar-refractivity contribution in [2.24, 2.45) is 0 Å². The predicted molar refractivity (Wildman–Crippen MR) is 69.3 cm³/mol. The van der Waals surface area contributed by atoms with E-state index in [1.807, 2.05) is 39.8 Å². The molecule has 0 N–H and O–H groups in total. The van der Waals surface area contributed by atoms with Crippen LogP contribution in [0, 0.1) is 11.3 Å². The average Bonchev–Trinajstić information content (AvgIpc) is 2.49. The molecule has 18 heavy (non-hydrogen) atoms. The molecular weight excluding hydrogens is 227 g/mol. The molecule has 0 bridgehead atoms. The lowest BCUT2D eigenvalue weighted by molar-refractivity contribution is 0.00578. The Morgan fingerprint density at radius 1 is 1.28 bits per heavy atom. The fourth-order valence-electron chi connectivity index (χ4n) is 1.80. The summed E-state index contributed by atoms with van der Waals surface area (Å²) >= 11 is 0. The van der Waals surface area contributed by atoms with Crippen LogP contribution >= 0.6 is 0 Å². The molecule has 4 nitrogen and oxygen atoms in total. The number of hydrogen-bond acceptors (Lipinski definition) is 4. The topological polar surface area (TPSA) is 55.1 Å². The van der Waals surface area contributed by atoms with Gasteiger partial charge in [0.05, 0.1) is 29.4 Å². The Bertz CT molecular complexity index is 478. The summed E-state index contributed by atoms with van der Waals surface area (Å²) in [6.45, 7) is 8.07. The van der Waals surface area contributed by atoms with Crippen molar-refractivity contribution < 1.29 is 9.31 Å². The molecule has 0 aromatic carbocycles. The van der Waals surface area contributed by atoms with Gasteiger partial charge in [0.25, 0.3) is 0 Å². The van der Waals surface area contributed by atoms with Crippen LogP contribution in [0.4, 0.5) is 0 Å². The maximum Gasteiger partial charge on any atom is 0.494 e. The maximum absolute atomic E-state index is 8.69. The highest BCUT2D eigenvalue weighted by Gasteiger charge is 2.51. The second-order valence-corrected chi connectivity index (χ2v) is 5.50. The van der Waals surface area contributed by atoms with E-state index in [2.05, 4.69) is 11.1 Å². The van der Waals surface area contributed by atoms with E-state index in [9.17, 15) is 0 Å². The molecule has 1 aromatic rings. The van der Waals surface area contributed by atoms with E-state index in [-0.39, 0.29) is 11.2 Å². The van der Waals surface area contributed by atoms with Gasteiger partial charge in [0, 0.05) is 6.20 Å². The van der Waals surface area contributed by atoms with E-state index in [1.54, 1.807) is 6.20 Å². The van der Waals surface area contributed by atoms with Crippen LogP contribution in [0.1, 0.15) is 33.4 Å². The maximum atomic E-state index is 8.69. The molecule has 1 fully saturated rings. The molecule has 2 rings (SSSR count). The van der Waals surface area contributed by atoms with Crippen LogP contribution in [0.25, 0.3) is 0 Å². The van der Waals surface area contributed by atoms with Crippen LogP contribution in [-0.4, -0.2) is 23.3 Å². The SMILES string of the molecule is CC1(C)OB(c2ccnc(CC#N)c2)OC1(C)C. The zero-order valence-corrected chi connectivity index (χ0v) is 11.2. The van der Waals surface area contributed by atoms with Gasteiger partial charge in [-0.2, -0.15) is 5.26 Å². The highest BCUT2D eigenvalue weighted by atomic mass is 16.7. The summed E-state index contributed by atoms with van der Waals surface area (Å²) in [5.41, 5.74) is 0.950. The number of nitrogens with zero attached hydrogens (tertiary/aromatic N) is 2. The minimum atomic E-state index is -0.393. The lowest BCUT2D eigenvalue weighted by Crippen LogP contribution is -2.41. The van der Waals surface area contributed by atoms with Crippen molar-refractivity contribution in [3.63, 3.8) is 0 Å². The van der Waals surface area contributed by atoms with Gasteiger partial charge in [-0.25, -0.2) is 0 Å². The standard InChI is InChI=1S/C13H17BN2O2/c1-12(2)13(3,4)18-14(17-12)10-6-8-16-11(9-10)5-7-15/h6,8-9H,5H2,1-4H3. The Balaban J connectivity index is 2.24. The molecule has 1 saturated heterocycles. The minimum Gasteiger partial charge on any atom is -0.399 e. The van der Waals surface area contributed by atoms with Crippen LogP contribution in [0.2, 0.25) is 0 Å². The highest BCUT2D eigenvalue weighted by Crippen LogP contribution is 2.36. The predicted octanol–water partition coefficient (Wildman–Crippen LogP) is 1.45. The molecule has 94 valence electrons. The normalized spacial score (nSPS) is 20.7. The first-order valence-electron chi connectivity index (χ1n) is 6.03. The number of aromatic nitrogens is 1. The van der Waals surface area contributed by atoms with Crippen LogP contribution < -0.4 is 5.46 Å². The van der Waals surface area contributed by atoms with Gasteiger partial charge in [-0.3, -0.25) is 4.98 Å². The molecule has 0 amide bonds. The van der Waals surface area contributed by atoms with Gasteiger partial charge in [-0.1, -0.05) is 0 Å². The second-order valence-electron chi connectivity index (χ2n) is 5.50. The molecule has 0 saturated carbocycles. The third-order valence-electron chi connectivity index (χ3n) is 3.63. The third kappa shape index (κ3) is 2.26. The van der Waals surface area contributed by atoms with Crippen molar-refractivity contribution in [3.8, 4) is 6.07 Å². The molecule has 0 spiro atoms. The Hall–Kier alpha value is -1.38. The van der Waals surface area contributed by atoms with Gasteiger partial charge in [0.2, 0.25) is 0 Å². The highest BCUT2D eigenvalue weighted by molar-refractivity contribution is 6.62. The minimum absolute atomic E-state index is 0.299. The number of hydrogen-bond donors (Lipinski definition) is 0. The summed E-state index contributed by atoms with van der Waals surface area (Å²) in [5, 5.41) is 8.69. The molecule has 1 aromatic heterocycles. The fraction of sp³-hybridized carbons (Fsp3) is 0.538. The molecule has 1 aliphatic rings. The van der Waals surface area contributed by atoms with E-state index in [0.29, 0.717) is 6.42 Å². The van der Waals surface area contributed by atoms with Gasteiger partial charge in [-0.05, 0) is 45.3 Å². The van der Waals surface area contributed by atoms with E-state index >= 15 is 0 Å². The zero-order valence-electron chi connectivity index (χ0n) is 11.2. The smallest absolute Gasteiger partial charge is 0.399 e. The number of rotatable bonds is 2. The summed E-state index contributed by atoms with van der Waals surface area (Å²) in [7, 11) is -0.393. The van der Waals surface area contributed by atoms with Crippen LogP contribution in [-0.2, 0) is 15.7 Å². The van der Waals surface area contributed by atoms with Crippen molar-refractivity contribution in [2.45, 2.75) is 45.3 Å². The summed E-state index contributed by atoms with van der Waals surface area (Å²) in [4.78, 5) is 4.14. The Kier molecular flexibility index (Phi) is 3.18. The first kappa shape index (κ1) is 13.1. The first-order chi connectivity index (χ1) is 8.36. The van der Waals surface area contributed by atoms with Crippen molar-refractivity contribution in [3.05, 3.63) is 24.0 Å². The molecule has 2 heterocycles. The fourth-order valence-corrected chi connectivity index (χ4v) is 1.80. The van der Waals surface area contributed by atoms with Crippen molar-refractivity contribution >= 4 is 12.6 Å². The Morgan fingerprint density at radius 2 is 1.89 bits per heavy atom. The summed E-state index contributed by atoms with van der Waals surface area (Å²) in [6, 6.07) is 5.82. The van der Waals surface area contributed by atoms with Crippen LogP contribution in [0.5, 0.6) is 0 Å². The molecular formula is C13H17BN2O2. The molecule has 1 aliphatic heterocycles. The Morgan fingerprint density at radius 3 is 2.44 bits per heavy atom. The summed E-state index contributed by atoms with van der Waals surface area (Å²) in [6.07, 6.45) is 1.99. The van der Waals surface area contributed by atoms with E-state index in [0.717, 1.165) is 11.2 Å². The molecule has 5 heteroatoms. The largest absolute Gasteiger partial charge is 0.494 e. The lowest BCUT2D eigenvalue weighted by Gasteiger charge is -2.32. The van der Waals surface area contributed by atoms with Crippen molar-refractivity contribution in [1.29, 1.82) is 5.26 Å². The number of nitriles is 1. The van der Waals surface area contributed by atoms with E-state index < -0.39 is 7.12 Å². The van der Waals surface area contributed by atoms with Crippen LogP contribution in [0.3, 0.4) is 0 Å². The van der Waals surface area contributed by atoms with Gasteiger partial charge < -0.3 is 9.31 Å². The number of pyridine rings is 1. The summed E-state index contributed by atoms with van der Waals surface area (Å²) in [5.74, 6) is 0. The molecule has 0 aliphatic carbocycles. The molecule has 0 unspecified atom stereocenters. The second kappa shape index (κ2) is 4.38. The monoisotopic (exact) mass is 244 g/mol. The molecule has 0 atom stereocenters. The average molecular weight is 244 g/mol.